The van der Waals surface area contributed by atoms with Crippen LogP contribution in [0.1, 0.15) is 25.6 Å². The van der Waals surface area contributed by atoms with E-state index >= 15 is 0 Å². The standard InChI is InChI=1S/C15H20ClN3S/c1-11(2)19-8-7-14(18-19)9-13(17)10-20-15-5-3-12(16)4-6-15/h3-8,11,13H,9-10,17H2,1-2H3. The second-order valence-corrected chi connectivity index (χ2v) is 6.64. The summed E-state index contributed by atoms with van der Waals surface area (Å²) in [5.41, 5.74) is 7.23. The van der Waals surface area contributed by atoms with E-state index in [1.54, 1.807) is 11.8 Å². The van der Waals surface area contributed by atoms with Gasteiger partial charge in [0.2, 0.25) is 0 Å². The molecule has 0 bridgehead atoms. The molecule has 0 amide bonds. The number of aromatic nitrogens is 2. The number of rotatable bonds is 6. The molecule has 0 fully saturated rings. The van der Waals surface area contributed by atoms with Crippen LogP contribution in [0.15, 0.2) is 41.4 Å². The van der Waals surface area contributed by atoms with Crippen molar-refractivity contribution in [2.75, 3.05) is 5.75 Å². The number of benzene rings is 1. The van der Waals surface area contributed by atoms with Gasteiger partial charge in [-0.15, -0.1) is 11.8 Å². The van der Waals surface area contributed by atoms with Crippen molar-refractivity contribution in [2.45, 2.75) is 37.2 Å². The van der Waals surface area contributed by atoms with Crippen molar-refractivity contribution in [2.24, 2.45) is 5.73 Å². The van der Waals surface area contributed by atoms with E-state index in [0.29, 0.717) is 6.04 Å². The maximum atomic E-state index is 6.17. The summed E-state index contributed by atoms with van der Waals surface area (Å²) in [6.07, 6.45) is 2.82. The lowest BCUT2D eigenvalue weighted by Crippen LogP contribution is -2.25. The van der Waals surface area contributed by atoms with E-state index < -0.39 is 0 Å². The highest BCUT2D eigenvalue weighted by atomic mass is 35.5. The summed E-state index contributed by atoms with van der Waals surface area (Å²) in [5, 5.41) is 5.29. The molecular weight excluding hydrogens is 290 g/mol. The number of hydrogen-bond acceptors (Lipinski definition) is 3. The zero-order chi connectivity index (χ0) is 14.5. The third-order valence-corrected chi connectivity index (χ3v) is 4.39. The third-order valence-electron chi connectivity index (χ3n) is 2.94. The fourth-order valence-electron chi connectivity index (χ4n) is 1.84. The van der Waals surface area contributed by atoms with Gasteiger partial charge in [0.05, 0.1) is 5.69 Å². The Bertz CT molecular complexity index is 536. The number of thioether (sulfide) groups is 1. The van der Waals surface area contributed by atoms with Crippen LogP contribution in [0.5, 0.6) is 0 Å². The molecule has 2 aromatic rings. The molecular formula is C15H20ClN3S. The molecule has 5 heteroatoms. The van der Waals surface area contributed by atoms with Crippen LogP contribution in [0.25, 0.3) is 0 Å². The summed E-state index contributed by atoms with van der Waals surface area (Å²) in [6.45, 7) is 4.24. The molecule has 20 heavy (non-hydrogen) atoms. The predicted molar refractivity (Wildman–Crippen MR) is 86.5 cm³/mol. The fourth-order valence-corrected chi connectivity index (χ4v) is 2.81. The van der Waals surface area contributed by atoms with Crippen LogP contribution < -0.4 is 5.73 Å². The monoisotopic (exact) mass is 309 g/mol. The smallest absolute Gasteiger partial charge is 0.0640 e. The summed E-state index contributed by atoms with van der Waals surface area (Å²) in [5.74, 6) is 0.871. The van der Waals surface area contributed by atoms with Crippen molar-refractivity contribution in [1.29, 1.82) is 0 Å². The number of nitrogens with zero attached hydrogens (tertiary/aromatic N) is 2. The number of hydrogen-bond donors (Lipinski definition) is 1. The Balaban J connectivity index is 1.82. The van der Waals surface area contributed by atoms with Gasteiger partial charge in [-0.05, 0) is 44.2 Å². The first-order valence-corrected chi connectivity index (χ1v) is 8.09. The van der Waals surface area contributed by atoms with Gasteiger partial charge in [0.1, 0.15) is 0 Å². The lowest BCUT2D eigenvalue weighted by Gasteiger charge is -2.10. The van der Waals surface area contributed by atoms with Gasteiger partial charge in [-0.2, -0.15) is 5.10 Å². The van der Waals surface area contributed by atoms with E-state index in [2.05, 4.69) is 18.9 Å². The normalized spacial score (nSPS) is 12.8. The van der Waals surface area contributed by atoms with E-state index in [-0.39, 0.29) is 6.04 Å². The maximum absolute atomic E-state index is 6.17. The summed E-state index contributed by atoms with van der Waals surface area (Å²) >= 11 is 7.62. The highest BCUT2D eigenvalue weighted by molar-refractivity contribution is 7.99. The van der Waals surface area contributed by atoms with Crippen LogP contribution in [0.4, 0.5) is 0 Å². The van der Waals surface area contributed by atoms with Gasteiger partial charge in [0.25, 0.3) is 0 Å². The van der Waals surface area contributed by atoms with Gasteiger partial charge in [0, 0.05) is 40.4 Å². The van der Waals surface area contributed by atoms with Crippen molar-refractivity contribution >= 4 is 23.4 Å². The zero-order valence-corrected chi connectivity index (χ0v) is 13.4. The first kappa shape index (κ1) is 15.4. The number of nitrogens with two attached hydrogens (primary N) is 1. The average molecular weight is 310 g/mol. The molecule has 2 N–H and O–H groups in total. The molecule has 1 aromatic carbocycles. The third kappa shape index (κ3) is 4.54. The molecule has 0 spiro atoms. The van der Waals surface area contributed by atoms with E-state index in [1.165, 1.54) is 4.90 Å². The predicted octanol–water partition coefficient (Wildman–Crippen LogP) is 3.78. The number of halogens is 1. The van der Waals surface area contributed by atoms with Crippen LogP contribution in [0, 0.1) is 0 Å². The summed E-state index contributed by atoms with van der Waals surface area (Å²) < 4.78 is 1.97. The topological polar surface area (TPSA) is 43.8 Å². The molecule has 108 valence electrons. The summed E-state index contributed by atoms with van der Waals surface area (Å²) in [4.78, 5) is 1.19. The van der Waals surface area contributed by atoms with E-state index in [9.17, 15) is 0 Å². The molecule has 0 saturated heterocycles. The van der Waals surface area contributed by atoms with Gasteiger partial charge in [-0.25, -0.2) is 0 Å². The van der Waals surface area contributed by atoms with E-state index in [1.807, 2.05) is 41.2 Å². The molecule has 0 aliphatic heterocycles. The molecule has 0 aliphatic rings. The lowest BCUT2D eigenvalue weighted by atomic mass is 10.2. The van der Waals surface area contributed by atoms with Crippen LogP contribution in [0.2, 0.25) is 5.02 Å². The lowest BCUT2D eigenvalue weighted by molar-refractivity contribution is 0.523. The minimum Gasteiger partial charge on any atom is -0.327 e. The van der Waals surface area contributed by atoms with Gasteiger partial charge >= 0.3 is 0 Å². The molecule has 1 unspecified atom stereocenters. The molecule has 3 nitrogen and oxygen atoms in total. The van der Waals surface area contributed by atoms with Crippen molar-refractivity contribution in [3.05, 3.63) is 47.2 Å². The molecule has 1 heterocycles. The van der Waals surface area contributed by atoms with Crippen molar-refractivity contribution in [3.8, 4) is 0 Å². The molecule has 2 rings (SSSR count). The van der Waals surface area contributed by atoms with Crippen LogP contribution in [-0.2, 0) is 6.42 Å². The maximum Gasteiger partial charge on any atom is 0.0640 e. The average Bonchev–Trinajstić information content (AvgIpc) is 2.87. The van der Waals surface area contributed by atoms with Gasteiger partial charge in [0.15, 0.2) is 0 Å². The van der Waals surface area contributed by atoms with Crippen molar-refractivity contribution in [1.82, 2.24) is 9.78 Å². The van der Waals surface area contributed by atoms with Gasteiger partial charge in [-0.3, -0.25) is 4.68 Å². The highest BCUT2D eigenvalue weighted by Gasteiger charge is 2.08. The van der Waals surface area contributed by atoms with Gasteiger partial charge in [-0.1, -0.05) is 11.6 Å². The molecule has 0 saturated carbocycles. The largest absolute Gasteiger partial charge is 0.327 e. The minimum atomic E-state index is 0.103. The Kier molecular flexibility index (Phi) is 5.52. The highest BCUT2D eigenvalue weighted by Crippen LogP contribution is 2.21. The van der Waals surface area contributed by atoms with E-state index in [4.69, 9.17) is 17.3 Å². The SMILES string of the molecule is CC(C)n1ccc(CC(N)CSc2ccc(Cl)cc2)n1. The Labute approximate surface area is 129 Å². The summed E-state index contributed by atoms with van der Waals surface area (Å²) in [6, 6.07) is 10.4. The molecule has 1 aromatic heterocycles. The quantitative estimate of drug-likeness (QED) is 0.826. The second-order valence-electron chi connectivity index (χ2n) is 5.11. The van der Waals surface area contributed by atoms with Crippen LogP contribution in [-0.4, -0.2) is 21.6 Å². The first-order chi connectivity index (χ1) is 9.54. The first-order valence-electron chi connectivity index (χ1n) is 6.72. The molecule has 0 radical (unpaired) electrons. The van der Waals surface area contributed by atoms with Crippen LogP contribution >= 0.6 is 23.4 Å². The minimum absolute atomic E-state index is 0.103. The summed E-state index contributed by atoms with van der Waals surface area (Å²) in [7, 11) is 0. The van der Waals surface area contributed by atoms with Crippen LogP contribution in [0.3, 0.4) is 0 Å². The Hall–Kier alpha value is -0.970. The van der Waals surface area contributed by atoms with Gasteiger partial charge < -0.3 is 5.73 Å². The Morgan fingerprint density at radius 2 is 1.95 bits per heavy atom. The van der Waals surface area contributed by atoms with Crippen molar-refractivity contribution < 1.29 is 0 Å². The molecule has 1 atom stereocenters. The Morgan fingerprint density at radius 1 is 1.25 bits per heavy atom. The van der Waals surface area contributed by atoms with E-state index in [0.717, 1.165) is 22.9 Å². The molecule has 0 aliphatic carbocycles. The zero-order valence-electron chi connectivity index (χ0n) is 11.8. The fraction of sp³-hybridized carbons (Fsp3) is 0.400. The second kappa shape index (κ2) is 7.16. The Morgan fingerprint density at radius 3 is 2.55 bits per heavy atom. The van der Waals surface area contributed by atoms with Crippen molar-refractivity contribution in [3.63, 3.8) is 0 Å².